The number of phenols is 2. The van der Waals surface area contributed by atoms with Gasteiger partial charge in [-0.15, -0.1) is 6.42 Å². The van der Waals surface area contributed by atoms with Crippen molar-refractivity contribution in [3.63, 3.8) is 0 Å². The van der Waals surface area contributed by atoms with Crippen molar-refractivity contribution in [3.8, 4) is 35.7 Å². The number of hydrogen-bond acceptors (Lipinski definition) is 4. The number of aromatic hydroxyl groups is 2. The molecule has 51 heavy (non-hydrogen) atoms. The van der Waals surface area contributed by atoms with E-state index in [2.05, 4.69) is 102 Å². The summed E-state index contributed by atoms with van der Waals surface area (Å²) in [5.74, 6) is 9.71. The summed E-state index contributed by atoms with van der Waals surface area (Å²) in [4.78, 5) is 0. The van der Waals surface area contributed by atoms with Crippen LogP contribution in [-0.2, 0) is 15.6 Å². The molecule has 0 atom stereocenters. The molecule has 0 amide bonds. The predicted octanol–water partition coefficient (Wildman–Crippen LogP) is 10.1. The molecule has 0 aliphatic carbocycles. The highest BCUT2D eigenvalue weighted by molar-refractivity contribution is 5.51. The first-order chi connectivity index (χ1) is 24.3. The molecule has 0 aromatic heterocycles. The highest BCUT2D eigenvalue weighted by atomic mass is 16.5. The zero-order valence-electron chi connectivity index (χ0n) is 31.9. The van der Waals surface area contributed by atoms with Gasteiger partial charge in [-0.3, -0.25) is 0 Å². The lowest BCUT2D eigenvalue weighted by Gasteiger charge is -2.34. The Balaban J connectivity index is 0.000000238. The summed E-state index contributed by atoms with van der Waals surface area (Å²) in [6, 6.07) is 24.8. The fourth-order valence-electron chi connectivity index (χ4n) is 7.62. The first kappa shape index (κ1) is 39.3. The van der Waals surface area contributed by atoms with Crippen molar-refractivity contribution in [2.75, 3.05) is 13.2 Å². The third kappa shape index (κ3) is 8.37. The van der Waals surface area contributed by atoms with Crippen molar-refractivity contribution in [2.24, 2.45) is 0 Å². The van der Waals surface area contributed by atoms with Gasteiger partial charge in [0.05, 0.1) is 13.2 Å². The molecule has 4 aromatic rings. The summed E-state index contributed by atoms with van der Waals surface area (Å²) in [5.41, 5.74) is 9.93. The first-order valence-electron chi connectivity index (χ1n) is 18.4. The molecular weight excluding hydrogens is 629 g/mol. The van der Waals surface area contributed by atoms with Crippen LogP contribution in [0.15, 0.2) is 72.8 Å². The molecule has 4 heteroatoms. The van der Waals surface area contributed by atoms with Crippen molar-refractivity contribution in [1.29, 1.82) is 0 Å². The van der Waals surface area contributed by atoms with Crippen LogP contribution in [0, 0.1) is 51.9 Å². The Hall–Kier alpha value is -4.48. The van der Waals surface area contributed by atoms with E-state index in [-0.39, 0.29) is 10.8 Å². The van der Waals surface area contributed by atoms with Gasteiger partial charge >= 0.3 is 0 Å². The van der Waals surface area contributed by atoms with Crippen LogP contribution < -0.4 is 0 Å². The Bertz CT molecular complexity index is 1920. The molecule has 1 fully saturated rings. The van der Waals surface area contributed by atoms with Gasteiger partial charge in [0.1, 0.15) is 17.1 Å². The van der Waals surface area contributed by atoms with E-state index in [1.165, 1.54) is 22.3 Å². The van der Waals surface area contributed by atoms with E-state index in [9.17, 15) is 15.3 Å². The van der Waals surface area contributed by atoms with Gasteiger partial charge in [0.15, 0.2) is 0 Å². The number of hydrogen-bond donors (Lipinski definition) is 3. The zero-order valence-corrected chi connectivity index (χ0v) is 31.9. The summed E-state index contributed by atoms with van der Waals surface area (Å²) >= 11 is 0. The Morgan fingerprint density at radius 2 is 0.980 bits per heavy atom. The standard InChI is InChI=1S/C26H32O3.C21H24O/c1-5-26(6-2,23-9-10-24(27)20(4)18-23)22-8-7-21(19(3)17-22)11-12-25(28)13-15-29-16-14-25;1-6-17-9-10-18(13-15(17)4)21(7-2,8-3)19-11-12-20(22)16(5)14-19/h7-10,17-18,27-28H,5-6,13-16H2,1-4H3;1,9-14,22H,7-8H2,2-5H3. The molecule has 0 radical (unpaired) electrons. The van der Waals surface area contributed by atoms with Crippen molar-refractivity contribution < 1.29 is 20.1 Å². The number of phenolic OH excluding ortho intramolecular Hbond substituents is 2. The van der Waals surface area contributed by atoms with Gasteiger partial charge in [0.25, 0.3) is 0 Å². The van der Waals surface area contributed by atoms with Crippen molar-refractivity contribution in [3.05, 3.63) is 128 Å². The van der Waals surface area contributed by atoms with E-state index in [1.807, 2.05) is 32.0 Å². The molecule has 0 unspecified atom stereocenters. The third-order valence-corrected chi connectivity index (χ3v) is 11.4. The maximum atomic E-state index is 10.6. The zero-order chi connectivity index (χ0) is 37.4. The van der Waals surface area contributed by atoms with E-state index in [4.69, 9.17) is 11.2 Å². The summed E-state index contributed by atoms with van der Waals surface area (Å²) in [7, 11) is 0. The fraction of sp³-hybridized carbons (Fsp3) is 0.404. The van der Waals surface area contributed by atoms with E-state index < -0.39 is 5.60 Å². The second-order valence-electron chi connectivity index (χ2n) is 14.2. The summed E-state index contributed by atoms with van der Waals surface area (Å²) in [6.45, 7) is 18.0. The number of aryl methyl sites for hydroxylation is 4. The smallest absolute Gasteiger partial charge is 0.130 e. The molecule has 1 saturated heterocycles. The maximum absolute atomic E-state index is 10.6. The summed E-state index contributed by atoms with van der Waals surface area (Å²) < 4.78 is 5.33. The number of benzene rings is 4. The number of terminal acetylenes is 1. The second-order valence-corrected chi connectivity index (χ2v) is 14.2. The van der Waals surface area contributed by atoms with Gasteiger partial charge in [0.2, 0.25) is 0 Å². The van der Waals surface area contributed by atoms with Gasteiger partial charge in [-0.2, -0.15) is 0 Å². The first-order valence-corrected chi connectivity index (χ1v) is 18.4. The van der Waals surface area contributed by atoms with Crippen LogP contribution in [0.5, 0.6) is 11.5 Å². The van der Waals surface area contributed by atoms with Crippen molar-refractivity contribution in [2.45, 2.75) is 110 Å². The average molecular weight is 685 g/mol. The maximum Gasteiger partial charge on any atom is 0.130 e. The largest absolute Gasteiger partial charge is 0.508 e. The Labute approximate surface area is 306 Å². The molecule has 1 aliphatic rings. The Morgan fingerprint density at radius 3 is 1.33 bits per heavy atom. The van der Waals surface area contributed by atoms with Crippen LogP contribution in [0.1, 0.15) is 122 Å². The van der Waals surface area contributed by atoms with Crippen LogP contribution in [0.2, 0.25) is 0 Å². The molecule has 1 heterocycles. The normalized spacial score (nSPS) is 14.0. The number of rotatable bonds is 8. The number of ether oxygens (including phenoxy) is 1. The van der Waals surface area contributed by atoms with Gasteiger partial charge in [-0.05, 0) is 122 Å². The molecule has 0 saturated carbocycles. The Morgan fingerprint density at radius 1 is 0.608 bits per heavy atom. The topological polar surface area (TPSA) is 69.9 Å². The quantitative estimate of drug-likeness (QED) is 0.162. The van der Waals surface area contributed by atoms with Crippen LogP contribution in [0.3, 0.4) is 0 Å². The van der Waals surface area contributed by atoms with Gasteiger partial charge < -0.3 is 20.1 Å². The molecule has 1 aliphatic heterocycles. The van der Waals surface area contributed by atoms with Crippen molar-refractivity contribution >= 4 is 0 Å². The van der Waals surface area contributed by atoms with Crippen LogP contribution >= 0.6 is 0 Å². The monoisotopic (exact) mass is 684 g/mol. The van der Waals surface area contributed by atoms with E-state index in [0.29, 0.717) is 37.6 Å². The van der Waals surface area contributed by atoms with Crippen molar-refractivity contribution in [1.82, 2.24) is 0 Å². The minimum atomic E-state index is -0.941. The van der Waals surface area contributed by atoms with Gasteiger partial charge in [0, 0.05) is 34.8 Å². The van der Waals surface area contributed by atoms with E-state index >= 15 is 0 Å². The van der Waals surface area contributed by atoms with E-state index in [0.717, 1.165) is 59.1 Å². The molecular formula is C47H56O4. The van der Waals surface area contributed by atoms with Gasteiger partial charge in [-0.1, -0.05) is 94.0 Å². The molecule has 3 N–H and O–H groups in total. The predicted molar refractivity (Wildman–Crippen MR) is 211 cm³/mol. The lowest BCUT2D eigenvalue weighted by Crippen LogP contribution is -2.34. The lowest BCUT2D eigenvalue weighted by molar-refractivity contribution is -0.0262. The molecule has 4 nitrogen and oxygen atoms in total. The summed E-state index contributed by atoms with van der Waals surface area (Å²) in [5, 5.41) is 30.4. The molecule has 5 rings (SSSR count). The highest BCUT2D eigenvalue weighted by Crippen LogP contribution is 2.42. The van der Waals surface area contributed by atoms with Crippen LogP contribution in [0.25, 0.3) is 0 Å². The lowest BCUT2D eigenvalue weighted by atomic mass is 9.70. The summed E-state index contributed by atoms with van der Waals surface area (Å²) in [6.07, 6.45) is 10.6. The average Bonchev–Trinajstić information content (AvgIpc) is 3.13. The Kier molecular flexibility index (Phi) is 12.9. The molecule has 0 bridgehead atoms. The molecule has 4 aromatic carbocycles. The van der Waals surface area contributed by atoms with E-state index in [1.54, 1.807) is 12.1 Å². The van der Waals surface area contributed by atoms with Crippen LogP contribution in [-0.4, -0.2) is 34.1 Å². The SMILES string of the molecule is C#Cc1ccc(C(CC)(CC)c2ccc(O)c(C)c2)cc1C.CCC(CC)(c1ccc(O)c(C)c1)c1ccc(C#CC2(O)CCOCC2)c(C)c1. The van der Waals surface area contributed by atoms with Gasteiger partial charge in [-0.25, -0.2) is 0 Å². The minimum absolute atomic E-state index is 0.0453. The number of aliphatic hydroxyl groups is 1. The minimum Gasteiger partial charge on any atom is -0.508 e. The highest BCUT2D eigenvalue weighted by Gasteiger charge is 2.33. The molecule has 268 valence electrons. The fourth-order valence-corrected chi connectivity index (χ4v) is 7.62. The molecule has 0 spiro atoms. The third-order valence-electron chi connectivity index (χ3n) is 11.4. The van der Waals surface area contributed by atoms with Crippen LogP contribution in [0.4, 0.5) is 0 Å². The second kappa shape index (κ2) is 16.7.